The van der Waals surface area contributed by atoms with Gasteiger partial charge in [0.2, 0.25) is 0 Å². The molecule has 110 valence electrons. The van der Waals surface area contributed by atoms with E-state index in [0.717, 1.165) is 24.4 Å². The number of nitrogens with zero attached hydrogens (tertiary/aromatic N) is 1. The lowest BCUT2D eigenvalue weighted by Crippen LogP contribution is -2.39. The second-order valence-electron chi connectivity index (χ2n) is 6.78. The van der Waals surface area contributed by atoms with Crippen LogP contribution in [0.5, 0.6) is 0 Å². The van der Waals surface area contributed by atoms with Crippen LogP contribution in [0.2, 0.25) is 0 Å². The third-order valence-corrected chi connectivity index (χ3v) is 4.91. The first-order chi connectivity index (χ1) is 9.61. The minimum Gasteiger partial charge on any atom is -0.371 e. The van der Waals surface area contributed by atoms with E-state index >= 15 is 0 Å². The summed E-state index contributed by atoms with van der Waals surface area (Å²) in [4.78, 5) is 2.59. The molecule has 1 N–H and O–H groups in total. The third-order valence-electron chi connectivity index (χ3n) is 4.42. The van der Waals surface area contributed by atoms with E-state index < -0.39 is 0 Å². The van der Waals surface area contributed by atoms with Crippen LogP contribution < -0.4 is 10.2 Å². The highest BCUT2D eigenvalue weighted by molar-refractivity contribution is 9.10. The van der Waals surface area contributed by atoms with Crippen molar-refractivity contribution in [2.75, 3.05) is 18.0 Å². The van der Waals surface area contributed by atoms with E-state index in [4.69, 9.17) is 0 Å². The second-order valence-corrected chi connectivity index (χ2v) is 7.69. The average Bonchev–Trinajstić information content (AvgIpc) is 3.20. The van der Waals surface area contributed by atoms with Crippen LogP contribution in [-0.4, -0.2) is 19.1 Å². The van der Waals surface area contributed by atoms with Crippen molar-refractivity contribution in [3.8, 4) is 0 Å². The molecule has 2 atom stereocenters. The van der Waals surface area contributed by atoms with E-state index in [0.29, 0.717) is 0 Å². The number of rotatable bonds is 4. The van der Waals surface area contributed by atoms with E-state index in [1.54, 1.807) is 0 Å². The monoisotopic (exact) mass is 336 g/mol. The molecule has 1 aromatic rings. The van der Waals surface area contributed by atoms with Gasteiger partial charge in [0.15, 0.2) is 0 Å². The summed E-state index contributed by atoms with van der Waals surface area (Å²) in [6.07, 6.45) is 4.06. The Labute approximate surface area is 131 Å². The van der Waals surface area contributed by atoms with Gasteiger partial charge < -0.3 is 10.2 Å². The zero-order valence-corrected chi connectivity index (χ0v) is 14.1. The molecular formula is C17H25BrN2. The zero-order chi connectivity index (χ0) is 14.1. The molecule has 2 aliphatic rings. The molecule has 0 amide bonds. The summed E-state index contributed by atoms with van der Waals surface area (Å²) in [5, 5.41) is 3.65. The van der Waals surface area contributed by atoms with E-state index in [1.807, 2.05) is 0 Å². The lowest BCUT2D eigenvalue weighted by Gasteiger charge is -2.37. The standard InChI is InChI=1S/C17H25BrN2/c1-12-7-13(2)11-20(10-12)17-8-15(18)4-3-14(17)9-19-16-5-6-16/h3-4,8,12-13,16,19H,5-7,9-11H2,1-2H3. The Morgan fingerprint density at radius 2 is 1.90 bits per heavy atom. The molecule has 0 spiro atoms. The van der Waals surface area contributed by atoms with Gasteiger partial charge in [-0.2, -0.15) is 0 Å². The number of hydrogen-bond acceptors (Lipinski definition) is 2. The van der Waals surface area contributed by atoms with Crippen molar-refractivity contribution in [3.05, 3.63) is 28.2 Å². The molecule has 1 aliphatic heterocycles. The van der Waals surface area contributed by atoms with Crippen molar-refractivity contribution in [1.82, 2.24) is 5.32 Å². The summed E-state index contributed by atoms with van der Waals surface area (Å²) >= 11 is 3.64. The zero-order valence-electron chi connectivity index (χ0n) is 12.5. The first-order valence-electron chi connectivity index (χ1n) is 7.88. The first-order valence-corrected chi connectivity index (χ1v) is 8.68. The van der Waals surface area contributed by atoms with Gasteiger partial charge >= 0.3 is 0 Å². The molecule has 1 saturated carbocycles. The molecule has 2 nitrogen and oxygen atoms in total. The van der Waals surface area contributed by atoms with Crippen molar-refractivity contribution in [2.24, 2.45) is 11.8 Å². The highest BCUT2D eigenvalue weighted by Gasteiger charge is 2.25. The highest BCUT2D eigenvalue weighted by atomic mass is 79.9. The third kappa shape index (κ3) is 3.56. The topological polar surface area (TPSA) is 15.3 Å². The number of nitrogens with one attached hydrogen (secondary N) is 1. The molecule has 0 aromatic heterocycles. The van der Waals surface area contributed by atoms with Gasteiger partial charge in [0, 0.05) is 35.8 Å². The number of benzene rings is 1. The number of halogens is 1. The van der Waals surface area contributed by atoms with Crippen LogP contribution in [0.4, 0.5) is 5.69 Å². The largest absolute Gasteiger partial charge is 0.371 e. The van der Waals surface area contributed by atoms with Crippen molar-refractivity contribution in [3.63, 3.8) is 0 Å². The van der Waals surface area contributed by atoms with Crippen LogP contribution in [0, 0.1) is 11.8 Å². The molecule has 1 aliphatic carbocycles. The maximum Gasteiger partial charge on any atom is 0.0423 e. The van der Waals surface area contributed by atoms with Gasteiger partial charge in [-0.1, -0.05) is 35.8 Å². The van der Waals surface area contributed by atoms with E-state index in [9.17, 15) is 0 Å². The van der Waals surface area contributed by atoms with Crippen molar-refractivity contribution < 1.29 is 0 Å². The van der Waals surface area contributed by atoms with Gasteiger partial charge in [0.25, 0.3) is 0 Å². The smallest absolute Gasteiger partial charge is 0.0423 e. The lowest BCUT2D eigenvalue weighted by molar-refractivity contribution is 0.356. The Morgan fingerprint density at radius 1 is 1.20 bits per heavy atom. The van der Waals surface area contributed by atoms with Crippen LogP contribution in [0.3, 0.4) is 0 Å². The Morgan fingerprint density at radius 3 is 2.55 bits per heavy atom. The first kappa shape index (κ1) is 14.4. The van der Waals surface area contributed by atoms with Crippen molar-refractivity contribution in [2.45, 2.75) is 45.7 Å². The fourth-order valence-corrected chi connectivity index (χ4v) is 3.73. The molecule has 0 radical (unpaired) electrons. The minimum absolute atomic E-state index is 0.769. The van der Waals surface area contributed by atoms with Crippen molar-refractivity contribution >= 4 is 21.6 Å². The van der Waals surface area contributed by atoms with E-state index in [2.05, 4.69) is 58.2 Å². The van der Waals surface area contributed by atoms with Crippen LogP contribution in [0.1, 0.15) is 38.7 Å². The van der Waals surface area contributed by atoms with Gasteiger partial charge in [-0.05, 0) is 48.8 Å². The number of hydrogen-bond donors (Lipinski definition) is 1. The number of piperidine rings is 1. The predicted molar refractivity (Wildman–Crippen MR) is 89.2 cm³/mol. The SMILES string of the molecule is CC1CC(C)CN(c2cc(Br)ccc2CNC2CC2)C1. The minimum atomic E-state index is 0.769. The van der Waals surface area contributed by atoms with Gasteiger partial charge in [-0.25, -0.2) is 0 Å². The molecule has 1 aromatic carbocycles. The molecule has 1 saturated heterocycles. The maximum absolute atomic E-state index is 3.65. The Bertz CT molecular complexity index is 460. The molecule has 2 fully saturated rings. The van der Waals surface area contributed by atoms with Gasteiger partial charge in [-0.15, -0.1) is 0 Å². The van der Waals surface area contributed by atoms with Crippen LogP contribution in [0.15, 0.2) is 22.7 Å². The molecule has 1 heterocycles. The second kappa shape index (κ2) is 6.07. The molecule has 2 unspecified atom stereocenters. The van der Waals surface area contributed by atoms with Crippen LogP contribution in [0.25, 0.3) is 0 Å². The molecular weight excluding hydrogens is 312 g/mol. The summed E-state index contributed by atoms with van der Waals surface area (Å²) in [5.74, 6) is 1.59. The predicted octanol–water partition coefficient (Wildman–Crippen LogP) is 4.18. The summed E-state index contributed by atoms with van der Waals surface area (Å²) < 4.78 is 1.19. The van der Waals surface area contributed by atoms with Gasteiger partial charge in [0.1, 0.15) is 0 Å². The molecule has 0 bridgehead atoms. The summed E-state index contributed by atoms with van der Waals surface area (Å²) in [5.41, 5.74) is 2.87. The fourth-order valence-electron chi connectivity index (χ4n) is 3.38. The average molecular weight is 337 g/mol. The summed E-state index contributed by atoms with van der Waals surface area (Å²) in [7, 11) is 0. The normalized spacial score (nSPS) is 26.9. The Hall–Kier alpha value is -0.540. The van der Waals surface area contributed by atoms with E-state index in [1.165, 1.54) is 48.1 Å². The summed E-state index contributed by atoms with van der Waals surface area (Å²) in [6, 6.07) is 7.52. The quantitative estimate of drug-likeness (QED) is 0.887. The van der Waals surface area contributed by atoms with Gasteiger partial charge in [-0.3, -0.25) is 0 Å². The van der Waals surface area contributed by atoms with Crippen LogP contribution in [-0.2, 0) is 6.54 Å². The molecule has 3 heteroatoms. The highest BCUT2D eigenvalue weighted by Crippen LogP contribution is 2.31. The molecule has 3 rings (SSSR count). The molecule has 20 heavy (non-hydrogen) atoms. The van der Waals surface area contributed by atoms with Crippen molar-refractivity contribution in [1.29, 1.82) is 0 Å². The number of anilines is 1. The summed E-state index contributed by atoms with van der Waals surface area (Å²) in [6.45, 7) is 8.15. The maximum atomic E-state index is 3.65. The van der Waals surface area contributed by atoms with Gasteiger partial charge in [0.05, 0.1) is 0 Å². The van der Waals surface area contributed by atoms with E-state index in [-0.39, 0.29) is 0 Å². The lowest BCUT2D eigenvalue weighted by atomic mass is 9.91. The van der Waals surface area contributed by atoms with Crippen LogP contribution >= 0.6 is 15.9 Å². The Kier molecular flexibility index (Phi) is 4.37. The fraction of sp³-hybridized carbons (Fsp3) is 0.647. The Balaban J connectivity index is 1.79.